The molecular formula is C16H22N4O2S. The largest absolute Gasteiger partial charge is 0.369 e. The van der Waals surface area contributed by atoms with Gasteiger partial charge in [0.2, 0.25) is 10.0 Å². The molecule has 0 aliphatic carbocycles. The van der Waals surface area contributed by atoms with Gasteiger partial charge in [-0.2, -0.15) is 0 Å². The first-order chi connectivity index (χ1) is 11.1. The molecule has 0 amide bonds. The first kappa shape index (κ1) is 17.2. The van der Waals surface area contributed by atoms with Crippen LogP contribution >= 0.6 is 0 Å². The number of unbranched alkanes of at least 4 members (excludes halogenated alkanes) is 1. The van der Waals surface area contributed by atoms with E-state index in [4.69, 9.17) is 0 Å². The highest BCUT2D eigenvalue weighted by atomic mass is 32.2. The summed E-state index contributed by atoms with van der Waals surface area (Å²) in [4.78, 5) is 0. The molecule has 0 fully saturated rings. The Morgan fingerprint density at radius 2 is 1.70 bits per heavy atom. The van der Waals surface area contributed by atoms with Gasteiger partial charge < -0.3 is 5.32 Å². The Bertz CT molecular complexity index is 688. The van der Waals surface area contributed by atoms with Crippen LogP contribution < -0.4 is 10.0 Å². The predicted molar refractivity (Wildman–Crippen MR) is 93.0 cm³/mol. The van der Waals surface area contributed by atoms with E-state index in [9.17, 15) is 8.42 Å². The highest BCUT2D eigenvalue weighted by molar-refractivity contribution is 7.92. The summed E-state index contributed by atoms with van der Waals surface area (Å²) in [5, 5.41) is 11.0. The van der Waals surface area contributed by atoms with Gasteiger partial charge in [-0.3, -0.25) is 4.72 Å². The molecule has 0 saturated carbocycles. The molecule has 124 valence electrons. The molecule has 0 bridgehead atoms. The van der Waals surface area contributed by atoms with Gasteiger partial charge in [-0.15, -0.1) is 10.2 Å². The van der Waals surface area contributed by atoms with E-state index in [-0.39, 0.29) is 11.6 Å². The Labute approximate surface area is 137 Å². The van der Waals surface area contributed by atoms with Crippen molar-refractivity contribution in [2.75, 3.05) is 22.3 Å². The maximum absolute atomic E-state index is 12.1. The molecule has 0 aliphatic rings. The lowest BCUT2D eigenvalue weighted by Gasteiger charge is -2.08. The molecule has 1 heterocycles. The standard InChI is InChI=1S/C16H22N4O2S/c1-2-3-12-17-15-9-10-16(19-18-15)20-23(21,22)13-11-14-7-5-4-6-8-14/h4-10H,2-3,11-13H2,1H3,(H,17,18)(H,19,20). The number of nitrogens with one attached hydrogen (secondary N) is 2. The molecule has 23 heavy (non-hydrogen) atoms. The minimum absolute atomic E-state index is 0.00912. The zero-order valence-corrected chi connectivity index (χ0v) is 14.0. The van der Waals surface area contributed by atoms with Crippen molar-refractivity contribution in [1.82, 2.24) is 10.2 Å². The van der Waals surface area contributed by atoms with E-state index in [0.717, 1.165) is 24.9 Å². The molecular weight excluding hydrogens is 312 g/mol. The number of nitrogens with zero attached hydrogens (tertiary/aromatic N) is 2. The summed E-state index contributed by atoms with van der Waals surface area (Å²) in [5.74, 6) is 0.889. The van der Waals surface area contributed by atoms with Crippen LogP contribution in [0.5, 0.6) is 0 Å². The highest BCUT2D eigenvalue weighted by Crippen LogP contribution is 2.09. The second kappa shape index (κ2) is 8.47. The minimum atomic E-state index is -3.44. The number of hydrogen-bond acceptors (Lipinski definition) is 5. The summed E-state index contributed by atoms with van der Waals surface area (Å²) in [5.41, 5.74) is 0.986. The van der Waals surface area contributed by atoms with E-state index in [0.29, 0.717) is 12.2 Å². The zero-order valence-electron chi connectivity index (χ0n) is 13.2. The van der Waals surface area contributed by atoms with Crippen LogP contribution in [-0.2, 0) is 16.4 Å². The van der Waals surface area contributed by atoms with Gasteiger partial charge in [0.25, 0.3) is 0 Å². The third-order valence-corrected chi connectivity index (χ3v) is 4.53. The van der Waals surface area contributed by atoms with Crippen molar-refractivity contribution in [3.63, 3.8) is 0 Å². The van der Waals surface area contributed by atoms with Crippen molar-refractivity contribution in [1.29, 1.82) is 0 Å². The minimum Gasteiger partial charge on any atom is -0.369 e. The van der Waals surface area contributed by atoms with Gasteiger partial charge in [0.15, 0.2) is 5.82 Å². The molecule has 0 aliphatic heterocycles. The molecule has 7 heteroatoms. The maximum Gasteiger partial charge on any atom is 0.234 e. The molecule has 6 nitrogen and oxygen atoms in total. The Kier molecular flexibility index (Phi) is 6.34. The molecule has 2 rings (SSSR count). The molecule has 0 radical (unpaired) electrons. The molecule has 2 N–H and O–H groups in total. The van der Waals surface area contributed by atoms with E-state index in [1.807, 2.05) is 30.3 Å². The van der Waals surface area contributed by atoms with E-state index >= 15 is 0 Å². The lowest BCUT2D eigenvalue weighted by atomic mass is 10.2. The molecule has 1 aromatic heterocycles. The zero-order chi connectivity index (χ0) is 16.5. The van der Waals surface area contributed by atoms with Crippen molar-refractivity contribution in [3.8, 4) is 0 Å². The van der Waals surface area contributed by atoms with Gasteiger partial charge in [-0.05, 0) is 30.5 Å². The van der Waals surface area contributed by atoms with E-state index in [2.05, 4.69) is 27.2 Å². The smallest absolute Gasteiger partial charge is 0.234 e. The van der Waals surface area contributed by atoms with Crippen molar-refractivity contribution < 1.29 is 8.42 Å². The lowest BCUT2D eigenvalue weighted by molar-refractivity contribution is 0.600. The predicted octanol–water partition coefficient (Wildman–Crippen LogP) is 2.67. The molecule has 0 unspecified atom stereocenters. The Morgan fingerprint density at radius 3 is 2.35 bits per heavy atom. The normalized spacial score (nSPS) is 11.2. The van der Waals surface area contributed by atoms with Gasteiger partial charge in [0.1, 0.15) is 5.82 Å². The average molecular weight is 334 g/mol. The van der Waals surface area contributed by atoms with Gasteiger partial charge >= 0.3 is 0 Å². The first-order valence-electron chi connectivity index (χ1n) is 7.71. The van der Waals surface area contributed by atoms with Crippen LogP contribution in [0.2, 0.25) is 0 Å². The second-order valence-corrected chi connectivity index (χ2v) is 7.08. The van der Waals surface area contributed by atoms with Crippen LogP contribution in [0.1, 0.15) is 25.3 Å². The fourth-order valence-corrected chi connectivity index (χ4v) is 3.02. The Balaban J connectivity index is 1.87. The Morgan fingerprint density at radius 1 is 1.00 bits per heavy atom. The van der Waals surface area contributed by atoms with Crippen LogP contribution in [0.3, 0.4) is 0 Å². The van der Waals surface area contributed by atoms with Crippen molar-refractivity contribution >= 4 is 21.7 Å². The van der Waals surface area contributed by atoms with Gasteiger partial charge in [-0.1, -0.05) is 43.7 Å². The van der Waals surface area contributed by atoms with Crippen LogP contribution in [0.4, 0.5) is 11.6 Å². The SMILES string of the molecule is CCCCNc1ccc(NS(=O)(=O)CCc2ccccc2)nn1. The quantitative estimate of drug-likeness (QED) is 0.689. The lowest BCUT2D eigenvalue weighted by Crippen LogP contribution is -2.19. The van der Waals surface area contributed by atoms with E-state index in [1.165, 1.54) is 0 Å². The van der Waals surface area contributed by atoms with Gasteiger partial charge in [-0.25, -0.2) is 8.42 Å². The second-order valence-electron chi connectivity index (χ2n) is 5.24. The molecule has 0 saturated heterocycles. The van der Waals surface area contributed by atoms with Gasteiger partial charge in [0, 0.05) is 6.54 Å². The number of sulfonamides is 1. The first-order valence-corrected chi connectivity index (χ1v) is 9.36. The van der Waals surface area contributed by atoms with Crippen molar-refractivity contribution in [2.24, 2.45) is 0 Å². The van der Waals surface area contributed by atoms with Crippen LogP contribution in [0.25, 0.3) is 0 Å². The summed E-state index contributed by atoms with van der Waals surface area (Å²) in [6.07, 6.45) is 2.61. The van der Waals surface area contributed by atoms with Crippen molar-refractivity contribution in [3.05, 3.63) is 48.0 Å². The highest BCUT2D eigenvalue weighted by Gasteiger charge is 2.11. The number of anilines is 2. The number of aromatic nitrogens is 2. The average Bonchev–Trinajstić information content (AvgIpc) is 2.56. The van der Waals surface area contributed by atoms with E-state index in [1.54, 1.807) is 12.1 Å². The maximum atomic E-state index is 12.1. The summed E-state index contributed by atoms with van der Waals surface area (Å²) in [6.45, 7) is 2.94. The third kappa shape index (κ3) is 6.23. The Hall–Kier alpha value is -2.15. The number of rotatable bonds is 9. The molecule has 0 spiro atoms. The fraction of sp³-hybridized carbons (Fsp3) is 0.375. The van der Waals surface area contributed by atoms with Crippen LogP contribution in [0, 0.1) is 0 Å². The molecule has 2 aromatic rings. The fourth-order valence-electron chi connectivity index (χ4n) is 1.98. The van der Waals surface area contributed by atoms with Crippen molar-refractivity contribution in [2.45, 2.75) is 26.2 Å². The summed E-state index contributed by atoms with van der Waals surface area (Å²) in [7, 11) is -3.44. The van der Waals surface area contributed by atoms with Crippen LogP contribution in [0.15, 0.2) is 42.5 Å². The topological polar surface area (TPSA) is 84.0 Å². The summed E-state index contributed by atoms with van der Waals surface area (Å²) >= 11 is 0. The summed E-state index contributed by atoms with van der Waals surface area (Å²) in [6, 6.07) is 12.8. The third-order valence-electron chi connectivity index (χ3n) is 3.26. The monoisotopic (exact) mass is 334 g/mol. The van der Waals surface area contributed by atoms with Gasteiger partial charge in [0.05, 0.1) is 5.75 Å². The van der Waals surface area contributed by atoms with E-state index < -0.39 is 10.0 Å². The van der Waals surface area contributed by atoms with Crippen LogP contribution in [-0.4, -0.2) is 30.9 Å². The molecule has 0 atom stereocenters. The number of aryl methyl sites for hydroxylation is 1. The molecule has 1 aromatic carbocycles. The number of hydrogen-bond donors (Lipinski definition) is 2. The summed E-state index contributed by atoms with van der Waals surface area (Å²) < 4.78 is 26.6. The number of benzene rings is 1.